The minimum absolute atomic E-state index is 0.368. The monoisotopic (exact) mass is 275 g/mol. The SMILES string of the molecule is Cc1cc(C(C)NC2C3(C)CCC(C3)C2(C)C)c(C)o1. The van der Waals surface area contributed by atoms with Crippen LogP contribution in [0.5, 0.6) is 0 Å². The Morgan fingerprint density at radius 1 is 1.30 bits per heavy atom. The van der Waals surface area contributed by atoms with Gasteiger partial charge < -0.3 is 9.73 Å². The molecule has 0 aromatic carbocycles. The molecule has 0 amide bonds. The van der Waals surface area contributed by atoms with E-state index in [0.29, 0.717) is 22.9 Å². The van der Waals surface area contributed by atoms with Gasteiger partial charge in [0, 0.05) is 17.6 Å². The van der Waals surface area contributed by atoms with E-state index < -0.39 is 0 Å². The normalized spacial score (nSPS) is 36.5. The summed E-state index contributed by atoms with van der Waals surface area (Å²) in [7, 11) is 0. The Morgan fingerprint density at radius 2 is 2.00 bits per heavy atom. The van der Waals surface area contributed by atoms with Crippen molar-refractivity contribution in [2.75, 3.05) is 0 Å². The molecule has 1 N–H and O–H groups in total. The van der Waals surface area contributed by atoms with E-state index in [0.717, 1.165) is 17.4 Å². The third kappa shape index (κ3) is 1.95. The molecule has 0 aliphatic heterocycles. The summed E-state index contributed by atoms with van der Waals surface area (Å²) >= 11 is 0. The topological polar surface area (TPSA) is 25.2 Å². The van der Waals surface area contributed by atoms with Crippen LogP contribution >= 0.6 is 0 Å². The van der Waals surface area contributed by atoms with Crippen LogP contribution in [0.3, 0.4) is 0 Å². The Balaban J connectivity index is 1.82. The fourth-order valence-electron chi connectivity index (χ4n) is 5.14. The molecule has 2 saturated carbocycles. The van der Waals surface area contributed by atoms with E-state index in [9.17, 15) is 0 Å². The van der Waals surface area contributed by atoms with Gasteiger partial charge in [-0.15, -0.1) is 0 Å². The van der Waals surface area contributed by atoms with Crippen molar-refractivity contribution in [1.82, 2.24) is 5.32 Å². The van der Waals surface area contributed by atoms with Crippen molar-refractivity contribution >= 4 is 0 Å². The first-order valence-corrected chi connectivity index (χ1v) is 8.07. The van der Waals surface area contributed by atoms with Crippen molar-refractivity contribution < 1.29 is 4.42 Å². The van der Waals surface area contributed by atoms with Gasteiger partial charge in [0.1, 0.15) is 11.5 Å². The molecule has 4 unspecified atom stereocenters. The van der Waals surface area contributed by atoms with Crippen LogP contribution in [0.4, 0.5) is 0 Å². The summed E-state index contributed by atoms with van der Waals surface area (Å²) in [5.74, 6) is 2.97. The molecule has 1 aromatic rings. The molecular formula is C18H29NO. The summed E-state index contributed by atoms with van der Waals surface area (Å²) in [4.78, 5) is 0. The third-order valence-electron chi connectivity index (χ3n) is 6.23. The van der Waals surface area contributed by atoms with Crippen molar-refractivity contribution in [2.45, 2.75) is 72.9 Å². The van der Waals surface area contributed by atoms with Gasteiger partial charge >= 0.3 is 0 Å². The summed E-state index contributed by atoms with van der Waals surface area (Å²) < 4.78 is 5.70. The van der Waals surface area contributed by atoms with Crippen molar-refractivity contribution in [3.63, 3.8) is 0 Å². The number of furan rings is 1. The van der Waals surface area contributed by atoms with Crippen molar-refractivity contribution in [2.24, 2.45) is 16.7 Å². The number of nitrogens with one attached hydrogen (secondary N) is 1. The average molecular weight is 275 g/mol. The largest absolute Gasteiger partial charge is 0.466 e. The maximum Gasteiger partial charge on any atom is 0.105 e. The third-order valence-corrected chi connectivity index (χ3v) is 6.23. The average Bonchev–Trinajstić information content (AvgIpc) is 2.93. The first-order valence-electron chi connectivity index (χ1n) is 8.07. The summed E-state index contributed by atoms with van der Waals surface area (Å²) in [6.45, 7) is 13.8. The molecule has 2 heteroatoms. The summed E-state index contributed by atoms with van der Waals surface area (Å²) in [5.41, 5.74) is 2.22. The zero-order valence-electron chi connectivity index (χ0n) is 13.8. The van der Waals surface area contributed by atoms with E-state index in [1.165, 1.54) is 24.8 Å². The van der Waals surface area contributed by atoms with E-state index in [1.54, 1.807) is 0 Å². The summed E-state index contributed by atoms with van der Waals surface area (Å²) in [5, 5.41) is 3.95. The molecule has 2 aliphatic rings. The number of aryl methyl sites for hydroxylation is 2. The lowest BCUT2D eigenvalue weighted by atomic mass is 9.68. The van der Waals surface area contributed by atoms with E-state index in [1.807, 2.05) is 6.92 Å². The Morgan fingerprint density at radius 3 is 2.50 bits per heavy atom. The minimum Gasteiger partial charge on any atom is -0.466 e. The number of hydrogen-bond donors (Lipinski definition) is 1. The number of hydrogen-bond acceptors (Lipinski definition) is 2. The highest BCUT2D eigenvalue weighted by Gasteiger charge is 2.59. The Hall–Kier alpha value is -0.760. The van der Waals surface area contributed by atoms with E-state index in [-0.39, 0.29) is 0 Å². The van der Waals surface area contributed by atoms with E-state index in [4.69, 9.17) is 4.42 Å². The van der Waals surface area contributed by atoms with Crippen LogP contribution in [0.2, 0.25) is 0 Å². The molecule has 20 heavy (non-hydrogen) atoms. The van der Waals surface area contributed by atoms with Gasteiger partial charge in [-0.2, -0.15) is 0 Å². The Labute approximate surface area is 123 Å². The first kappa shape index (κ1) is 14.2. The molecule has 0 saturated heterocycles. The van der Waals surface area contributed by atoms with E-state index >= 15 is 0 Å². The Kier molecular flexibility index (Phi) is 3.10. The fraction of sp³-hybridized carbons (Fsp3) is 0.778. The van der Waals surface area contributed by atoms with Crippen LogP contribution in [0.25, 0.3) is 0 Å². The Bertz CT molecular complexity index is 511. The van der Waals surface area contributed by atoms with Gasteiger partial charge in [0.2, 0.25) is 0 Å². The van der Waals surface area contributed by atoms with Crippen LogP contribution in [0, 0.1) is 30.6 Å². The van der Waals surface area contributed by atoms with Crippen LogP contribution in [0.15, 0.2) is 10.5 Å². The van der Waals surface area contributed by atoms with Gasteiger partial charge in [0.05, 0.1) is 0 Å². The highest BCUT2D eigenvalue weighted by molar-refractivity contribution is 5.24. The predicted molar refractivity (Wildman–Crippen MR) is 82.7 cm³/mol. The maximum atomic E-state index is 5.70. The van der Waals surface area contributed by atoms with Crippen molar-refractivity contribution in [3.05, 3.63) is 23.2 Å². The molecule has 1 heterocycles. The number of fused-ring (bicyclic) bond motifs is 2. The second-order valence-electron chi connectivity index (χ2n) is 8.11. The van der Waals surface area contributed by atoms with Gasteiger partial charge in [-0.05, 0) is 62.8 Å². The highest BCUT2D eigenvalue weighted by atomic mass is 16.3. The zero-order chi connectivity index (χ0) is 14.7. The molecule has 2 nitrogen and oxygen atoms in total. The van der Waals surface area contributed by atoms with Gasteiger partial charge in [-0.1, -0.05) is 20.8 Å². The zero-order valence-corrected chi connectivity index (χ0v) is 13.8. The molecule has 4 atom stereocenters. The lowest BCUT2D eigenvalue weighted by Crippen LogP contribution is -2.51. The molecule has 1 aromatic heterocycles. The van der Waals surface area contributed by atoms with Gasteiger partial charge in [0.15, 0.2) is 0 Å². The van der Waals surface area contributed by atoms with Crippen LogP contribution < -0.4 is 5.32 Å². The standard InChI is InChI=1S/C18H29NO/c1-11-9-15(13(3)20-11)12(2)19-16-17(4,5)14-7-8-18(16,6)10-14/h9,12,14,16,19H,7-8,10H2,1-6H3. The second-order valence-corrected chi connectivity index (χ2v) is 8.11. The highest BCUT2D eigenvalue weighted by Crippen LogP contribution is 2.62. The quantitative estimate of drug-likeness (QED) is 0.860. The van der Waals surface area contributed by atoms with E-state index in [2.05, 4.69) is 46.0 Å². The lowest BCUT2D eigenvalue weighted by Gasteiger charge is -2.44. The van der Waals surface area contributed by atoms with Crippen molar-refractivity contribution in [1.29, 1.82) is 0 Å². The van der Waals surface area contributed by atoms with Crippen LogP contribution in [0.1, 0.15) is 70.1 Å². The molecule has 2 bridgehead atoms. The molecular weight excluding hydrogens is 246 g/mol. The second kappa shape index (κ2) is 4.37. The summed E-state index contributed by atoms with van der Waals surface area (Å²) in [6, 6.07) is 3.17. The predicted octanol–water partition coefficient (Wildman–Crippen LogP) is 4.76. The van der Waals surface area contributed by atoms with Gasteiger partial charge in [0.25, 0.3) is 0 Å². The molecule has 112 valence electrons. The smallest absolute Gasteiger partial charge is 0.105 e. The fourth-order valence-corrected chi connectivity index (χ4v) is 5.14. The molecule has 2 fully saturated rings. The maximum absolute atomic E-state index is 5.70. The molecule has 0 radical (unpaired) electrons. The van der Waals surface area contributed by atoms with Gasteiger partial charge in [-0.3, -0.25) is 0 Å². The number of rotatable bonds is 3. The van der Waals surface area contributed by atoms with Crippen molar-refractivity contribution in [3.8, 4) is 0 Å². The molecule has 0 spiro atoms. The van der Waals surface area contributed by atoms with Gasteiger partial charge in [-0.25, -0.2) is 0 Å². The lowest BCUT2D eigenvalue weighted by molar-refractivity contribution is 0.100. The summed E-state index contributed by atoms with van der Waals surface area (Å²) in [6.07, 6.45) is 4.20. The van der Waals surface area contributed by atoms with Crippen LogP contribution in [-0.2, 0) is 0 Å². The van der Waals surface area contributed by atoms with Crippen LogP contribution in [-0.4, -0.2) is 6.04 Å². The first-order chi connectivity index (χ1) is 9.24. The minimum atomic E-state index is 0.368. The molecule has 2 aliphatic carbocycles. The molecule has 3 rings (SSSR count).